The molecule has 2 N–H and O–H groups in total. The van der Waals surface area contributed by atoms with Gasteiger partial charge in [-0.05, 0) is 17.9 Å². The molecule has 0 aliphatic carbocycles. The molecule has 1 amide bonds. The number of amides is 1. The van der Waals surface area contributed by atoms with Crippen LogP contribution in [0.1, 0.15) is 25.8 Å². The van der Waals surface area contributed by atoms with E-state index in [9.17, 15) is 4.79 Å². The number of halogens is 1. The third kappa shape index (κ3) is 12.1. The summed E-state index contributed by atoms with van der Waals surface area (Å²) in [6.45, 7) is 7.16. The number of carbonyl (C=O) groups excluding carboxylic acids is 1. The zero-order chi connectivity index (χ0) is 18.5. The van der Waals surface area contributed by atoms with Crippen LogP contribution in [0.5, 0.6) is 0 Å². The Bertz CT molecular complexity index is 522. The van der Waals surface area contributed by atoms with Crippen molar-refractivity contribution in [1.29, 1.82) is 0 Å². The van der Waals surface area contributed by atoms with Crippen LogP contribution in [0.2, 0.25) is 0 Å². The first-order valence-electron chi connectivity index (χ1n) is 8.83. The molecule has 0 spiro atoms. The number of carbonyl (C=O) groups is 1. The molecule has 0 saturated carbocycles. The van der Waals surface area contributed by atoms with Crippen LogP contribution in [-0.4, -0.2) is 57.2 Å². The predicted octanol–water partition coefficient (Wildman–Crippen LogP) is 2.49. The molecular weight excluding hydrogens is 443 g/mol. The normalized spacial score (nSPS) is 11.0. The zero-order valence-corrected chi connectivity index (χ0v) is 18.7. The minimum absolute atomic E-state index is 0. The minimum Gasteiger partial charge on any atom is -0.380 e. The molecule has 0 aromatic heterocycles. The third-order valence-electron chi connectivity index (χ3n) is 3.55. The summed E-state index contributed by atoms with van der Waals surface area (Å²) in [5.74, 6) is 1.27. The van der Waals surface area contributed by atoms with E-state index >= 15 is 0 Å². The lowest BCUT2D eigenvalue weighted by Crippen LogP contribution is -2.43. The first kappa shape index (κ1) is 24.7. The molecule has 0 unspecified atom stereocenters. The van der Waals surface area contributed by atoms with Gasteiger partial charge in [0.1, 0.15) is 0 Å². The van der Waals surface area contributed by atoms with E-state index in [1.165, 1.54) is 0 Å². The predicted molar refractivity (Wildman–Crippen MR) is 118 cm³/mol. The molecule has 1 rings (SSSR count). The second-order valence-corrected chi connectivity index (χ2v) is 6.51. The summed E-state index contributed by atoms with van der Waals surface area (Å²) in [6.07, 6.45) is 1.06. The number of nitrogens with zero attached hydrogens (tertiary/aromatic N) is 2. The van der Waals surface area contributed by atoms with Crippen molar-refractivity contribution in [3.05, 3.63) is 35.9 Å². The average Bonchev–Trinajstić information content (AvgIpc) is 2.59. The molecule has 0 bridgehead atoms. The number of rotatable bonds is 10. The Morgan fingerprint density at radius 1 is 1.15 bits per heavy atom. The molecular formula is C19H33IN4O2. The maximum Gasteiger partial charge on any atom is 0.241 e. The molecule has 6 nitrogen and oxygen atoms in total. The molecule has 0 atom stereocenters. The van der Waals surface area contributed by atoms with E-state index in [4.69, 9.17) is 4.74 Å². The summed E-state index contributed by atoms with van der Waals surface area (Å²) in [7, 11) is 3.47. The van der Waals surface area contributed by atoms with Crippen LogP contribution >= 0.6 is 24.0 Å². The summed E-state index contributed by atoms with van der Waals surface area (Å²) in [5.41, 5.74) is 1.12. The molecule has 0 radical (unpaired) electrons. The molecule has 0 aliphatic heterocycles. The van der Waals surface area contributed by atoms with E-state index in [0.717, 1.165) is 18.6 Å². The zero-order valence-electron chi connectivity index (χ0n) is 16.3. The van der Waals surface area contributed by atoms with Crippen molar-refractivity contribution in [2.45, 2.75) is 26.8 Å². The van der Waals surface area contributed by atoms with E-state index in [1.54, 1.807) is 19.0 Å². The van der Waals surface area contributed by atoms with Crippen LogP contribution in [0.25, 0.3) is 0 Å². The highest BCUT2D eigenvalue weighted by Crippen LogP contribution is 2.00. The summed E-state index contributed by atoms with van der Waals surface area (Å²) >= 11 is 0. The fourth-order valence-corrected chi connectivity index (χ4v) is 1.91. The van der Waals surface area contributed by atoms with Crippen LogP contribution in [0.4, 0.5) is 0 Å². The van der Waals surface area contributed by atoms with E-state index in [0.29, 0.717) is 31.6 Å². The van der Waals surface area contributed by atoms with E-state index in [1.807, 2.05) is 30.3 Å². The number of hydrogen-bond acceptors (Lipinski definition) is 3. The topological polar surface area (TPSA) is 66.0 Å². The Kier molecular flexibility index (Phi) is 14.0. The van der Waals surface area contributed by atoms with Gasteiger partial charge in [0.05, 0.1) is 19.7 Å². The third-order valence-corrected chi connectivity index (χ3v) is 3.55. The van der Waals surface area contributed by atoms with Gasteiger partial charge in [-0.25, -0.2) is 4.99 Å². The minimum atomic E-state index is 0. The Hall–Kier alpha value is -1.35. The molecule has 26 heavy (non-hydrogen) atoms. The number of likely N-dealkylation sites (N-methyl/N-ethyl adjacent to an activating group) is 1. The Morgan fingerprint density at radius 2 is 1.85 bits per heavy atom. The highest BCUT2D eigenvalue weighted by Gasteiger charge is 2.05. The SMILES string of the molecule is CC(C)CCOCCNC(=NCc1ccccc1)NCC(=O)N(C)C.I. The van der Waals surface area contributed by atoms with Crippen LogP contribution in [-0.2, 0) is 16.1 Å². The molecule has 0 fully saturated rings. The average molecular weight is 476 g/mol. The van der Waals surface area contributed by atoms with Crippen LogP contribution in [0.15, 0.2) is 35.3 Å². The molecule has 1 aromatic rings. The summed E-state index contributed by atoms with van der Waals surface area (Å²) in [5, 5.41) is 6.29. The summed E-state index contributed by atoms with van der Waals surface area (Å²) in [4.78, 5) is 17.8. The van der Waals surface area contributed by atoms with Gasteiger partial charge >= 0.3 is 0 Å². The number of guanidine groups is 1. The lowest BCUT2D eigenvalue weighted by molar-refractivity contribution is -0.127. The molecule has 148 valence electrons. The van der Waals surface area contributed by atoms with Gasteiger partial charge < -0.3 is 20.3 Å². The van der Waals surface area contributed by atoms with Crippen molar-refractivity contribution in [3.63, 3.8) is 0 Å². The number of hydrogen-bond donors (Lipinski definition) is 2. The second-order valence-electron chi connectivity index (χ2n) is 6.51. The van der Waals surface area contributed by atoms with Gasteiger partial charge in [0.15, 0.2) is 5.96 Å². The summed E-state index contributed by atoms with van der Waals surface area (Å²) < 4.78 is 5.60. The van der Waals surface area contributed by atoms with Crippen LogP contribution in [0.3, 0.4) is 0 Å². The fraction of sp³-hybridized carbons (Fsp3) is 0.579. The van der Waals surface area contributed by atoms with Gasteiger partial charge in [-0.1, -0.05) is 44.2 Å². The Morgan fingerprint density at radius 3 is 2.46 bits per heavy atom. The van der Waals surface area contributed by atoms with Gasteiger partial charge in [-0.2, -0.15) is 0 Å². The van der Waals surface area contributed by atoms with Gasteiger partial charge in [-0.15, -0.1) is 24.0 Å². The van der Waals surface area contributed by atoms with Gasteiger partial charge in [-0.3, -0.25) is 4.79 Å². The molecule has 1 aromatic carbocycles. The highest BCUT2D eigenvalue weighted by molar-refractivity contribution is 14.0. The Balaban J connectivity index is 0.00000625. The van der Waals surface area contributed by atoms with Crippen LogP contribution < -0.4 is 10.6 Å². The number of benzene rings is 1. The highest BCUT2D eigenvalue weighted by atomic mass is 127. The largest absolute Gasteiger partial charge is 0.380 e. The standard InChI is InChI=1S/C19H32N4O2.HI/c1-16(2)10-12-25-13-11-20-19(22-15-18(24)23(3)4)21-14-17-8-6-5-7-9-17;/h5-9,16H,10-15H2,1-4H3,(H2,20,21,22);1H. The van der Waals surface area contributed by atoms with E-state index in [2.05, 4.69) is 29.5 Å². The van der Waals surface area contributed by atoms with Crippen LogP contribution in [0, 0.1) is 5.92 Å². The van der Waals surface area contributed by atoms with E-state index < -0.39 is 0 Å². The summed E-state index contributed by atoms with van der Waals surface area (Å²) in [6, 6.07) is 10.0. The second kappa shape index (κ2) is 14.8. The lowest BCUT2D eigenvalue weighted by Gasteiger charge is -2.15. The van der Waals surface area contributed by atoms with Crippen molar-refractivity contribution >= 4 is 35.8 Å². The quantitative estimate of drug-likeness (QED) is 0.236. The van der Waals surface area contributed by atoms with Gasteiger partial charge in [0.2, 0.25) is 5.91 Å². The molecule has 0 saturated heterocycles. The number of ether oxygens (including phenoxy) is 1. The van der Waals surface area contributed by atoms with Gasteiger partial charge in [0, 0.05) is 27.2 Å². The first-order valence-corrected chi connectivity index (χ1v) is 8.83. The molecule has 0 heterocycles. The lowest BCUT2D eigenvalue weighted by atomic mass is 10.1. The first-order chi connectivity index (χ1) is 12.0. The Labute approximate surface area is 174 Å². The monoisotopic (exact) mass is 476 g/mol. The molecule has 7 heteroatoms. The molecule has 0 aliphatic rings. The number of nitrogens with one attached hydrogen (secondary N) is 2. The van der Waals surface area contributed by atoms with Crippen molar-refractivity contribution in [2.75, 3.05) is 40.4 Å². The van der Waals surface area contributed by atoms with Crippen molar-refractivity contribution in [3.8, 4) is 0 Å². The number of aliphatic imine (C=N–C) groups is 1. The van der Waals surface area contributed by atoms with E-state index in [-0.39, 0.29) is 36.4 Å². The maximum absolute atomic E-state index is 11.8. The smallest absolute Gasteiger partial charge is 0.241 e. The van der Waals surface area contributed by atoms with Gasteiger partial charge in [0.25, 0.3) is 0 Å². The maximum atomic E-state index is 11.8. The van der Waals surface area contributed by atoms with Crippen molar-refractivity contribution in [1.82, 2.24) is 15.5 Å². The van der Waals surface area contributed by atoms with Crippen molar-refractivity contribution < 1.29 is 9.53 Å². The fourth-order valence-electron chi connectivity index (χ4n) is 1.91. The van der Waals surface area contributed by atoms with Crippen molar-refractivity contribution in [2.24, 2.45) is 10.9 Å².